The molecule has 0 radical (unpaired) electrons. The summed E-state index contributed by atoms with van der Waals surface area (Å²) in [5, 5.41) is 3.27. The van der Waals surface area contributed by atoms with Gasteiger partial charge < -0.3 is 10.1 Å². The highest BCUT2D eigenvalue weighted by Crippen LogP contribution is 1.94. The summed E-state index contributed by atoms with van der Waals surface area (Å²) >= 11 is 0. The number of rotatable bonds is 10. The molecule has 0 saturated heterocycles. The van der Waals surface area contributed by atoms with Crippen LogP contribution >= 0.6 is 0 Å². The van der Waals surface area contributed by atoms with Crippen molar-refractivity contribution in [1.82, 2.24) is 5.32 Å². The van der Waals surface area contributed by atoms with Crippen molar-refractivity contribution in [1.29, 1.82) is 0 Å². The summed E-state index contributed by atoms with van der Waals surface area (Å²) in [5.41, 5.74) is 0. The van der Waals surface area contributed by atoms with Crippen LogP contribution in [0.5, 0.6) is 0 Å². The third-order valence-electron chi connectivity index (χ3n) is 2.07. The van der Waals surface area contributed by atoms with E-state index in [-0.39, 0.29) is 11.5 Å². The molecule has 0 bridgehead atoms. The number of sulfone groups is 1. The van der Waals surface area contributed by atoms with Crippen LogP contribution in [0.25, 0.3) is 0 Å². The highest BCUT2D eigenvalue weighted by Gasteiger charge is 2.08. The van der Waals surface area contributed by atoms with E-state index in [0.29, 0.717) is 25.7 Å². The standard InChI is InChI=1S/C11H25NO3S/c1-4-9-16(13,14)10-8-15-7-5-6-12-11(2)3/h11-12H,4-10H2,1-3H3. The van der Waals surface area contributed by atoms with Gasteiger partial charge >= 0.3 is 0 Å². The van der Waals surface area contributed by atoms with Gasteiger partial charge in [-0.15, -0.1) is 0 Å². The average Bonchev–Trinajstić information content (AvgIpc) is 2.15. The van der Waals surface area contributed by atoms with Crippen molar-refractivity contribution in [3.8, 4) is 0 Å². The van der Waals surface area contributed by atoms with E-state index in [1.165, 1.54) is 0 Å². The summed E-state index contributed by atoms with van der Waals surface area (Å²) in [7, 11) is -2.88. The number of ether oxygens (including phenoxy) is 1. The lowest BCUT2D eigenvalue weighted by atomic mass is 10.3. The lowest BCUT2D eigenvalue weighted by Gasteiger charge is -2.08. The number of hydrogen-bond acceptors (Lipinski definition) is 4. The molecule has 16 heavy (non-hydrogen) atoms. The van der Waals surface area contributed by atoms with E-state index in [1.807, 2.05) is 6.92 Å². The molecule has 0 aliphatic carbocycles. The van der Waals surface area contributed by atoms with Gasteiger partial charge in [-0.25, -0.2) is 8.42 Å². The van der Waals surface area contributed by atoms with E-state index in [0.717, 1.165) is 13.0 Å². The summed E-state index contributed by atoms with van der Waals surface area (Å²) in [4.78, 5) is 0. The number of hydrogen-bond donors (Lipinski definition) is 1. The lowest BCUT2D eigenvalue weighted by molar-refractivity contribution is 0.145. The molecule has 0 heterocycles. The summed E-state index contributed by atoms with van der Waals surface area (Å²) in [5.74, 6) is 0.420. The molecule has 1 N–H and O–H groups in total. The quantitative estimate of drug-likeness (QED) is 0.593. The van der Waals surface area contributed by atoms with Gasteiger partial charge in [0.2, 0.25) is 0 Å². The van der Waals surface area contributed by atoms with Crippen LogP contribution in [-0.2, 0) is 14.6 Å². The second-order valence-corrected chi connectivity index (χ2v) is 6.53. The molecule has 0 fully saturated rings. The largest absolute Gasteiger partial charge is 0.380 e. The first-order chi connectivity index (χ1) is 7.48. The maximum absolute atomic E-state index is 11.3. The van der Waals surface area contributed by atoms with Crippen LogP contribution in [0, 0.1) is 0 Å². The van der Waals surface area contributed by atoms with Gasteiger partial charge in [-0.2, -0.15) is 0 Å². The Hall–Kier alpha value is -0.130. The van der Waals surface area contributed by atoms with E-state index < -0.39 is 9.84 Å². The molecule has 0 aromatic heterocycles. The van der Waals surface area contributed by atoms with E-state index >= 15 is 0 Å². The maximum Gasteiger partial charge on any atom is 0.152 e. The van der Waals surface area contributed by atoms with Crippen molar-refractivity contribution in [3.63, 3.8) is 0 Å². The molecular formula is C11H25NO3S. The zero-order chi connectivity index (χ0) is 12.4. The Balaban J connectivity index is 3.33. The SMILES string of the molecule is CCCS(=O)(=O)CCOCCCNC(C)C. The second kappa shape index (κ2) is 8.96. The third-order valence-corrected chi connectivity index (χ3v) is 3.89. The average molecular weight is 251 g/mol. The molecule has 0 amide bonds. The Morgan fingerprint density at radius 3 is 2.44 bits per heavy atom. The monoisotopic (exact) mass is 251 g/mol. The van der Waals surface area contributed by atoms with Gasteiger partial charge in [0.05, 0.1) is 12.4 Å². The molecule has 0 aromatic rings. The molecular weight excluding hydrogens is 226 g/mol. The summed E-state index contributed by atoms with van der Waals surface area (Å²) in [6, 6.07) is 0.491. The predicted octanol–water partition coefficient (Wildman–Crippen LogP) is 1.22. The van der Waals surface area contributed by atoms with Crippen molar-refractivity contribution in [2.24, 2.45) is 0 Å². The molecule has 0 aliphatic heterocycles. The van der Waals surface area contributed by atoms with Gasteiger partial charge in [-0.1, -0.05) is 20.8 Å². The highest BCUT2D eigenvalue weighted by molar-refractivity contribution is 7.91. The molecule has 0 spiro atoms. The van der Waals surface area contributed by atoms with Crippen molar-refractivity contribution in [3.05, 3.63) is 0 Å². The van der Waals surface area contributed by atoms with Crippen LogP contribution in [0.1, 0.15) is 33.6 Å². The Labute approximate surface area is 99.7 Å². The van der Waals surface area contributed by atoms with Gasteiger partial charge in [0, 0.05) is 18.4 Å². The fourth-order valence-electron chi connectivity index (χ4n) is 1.27. The van der Waals surface area contributed by atoms with E-state index in [1.54, 1.807) is 0 Å². The Kier molecular flexibility index (Phi) is 8.89. The molecule has 0 aromatic carbocycles. The molecule has 0 aliphatic rings. The minimum atomic E-state index is -2.88. The first-order valence-electron chi connectivity index (χ1n) is 5.99. The first kappa shape index (κ1) is 15.9. The zero-order valence-corrected chi connectivity index (χ0v) is 11.5. The molecule has 98 valence electrons. The number of nitrogens with one attached hydrogen (secondary N) is 1. The van der Waals surface area contributed by atoms with Gasteiger partial charge in [-0.3, -0.25) is 0 Å². The van der Waals surface area contributed by atoms with Crippen LogP contribution in [-0.4, -0.2) is 45.7 Å². The summed E-state index contributed by atoms with van der Waals surface area (Å²) < 4.78 is 27.9. The molecule has 0 saturated carbocycles. The maximum atomic E-state index is 11.3. The van der Waals surface area contributed by atoms with E-state index in [9.17, 15) is 8.42 Å². The smallest absolute Gasteiger partial charge is 0.152 e. The second-order valence-electron chi connectivity index (χ2n) is 4.23. The predicted molar refractivity (Wildman–Crippen MR) is 67.5 cm³/mol. The Morgan fingerprint density at radius 1 is 1.19 bits per heavy atom. The van der Waals surface area contributed by atoms with Crippen molar-refractivity contribution >= 4 is 9.84 Å². The van der Waals surface area contributed by atoms with Crippen molar-refractivity contribution in [2.45, 2.75) is 39.7 Å². The molecule has 0 atom stereocenters. The van der Waals surface area contributed by atoms with E-state index in [2.05, 4.69) is 19.2 Å². The topological polar surface area (TPSA) is 55.4 Å². The zero-order valence-electron chi connectivity index (χ0n) is 10.7. The van der Waals surface area contributed by atoms with E-state index in [4.69, 9.17) is 4.74 Å². The first-order valence-corrected chi connectivity index (χ1v) is 7.81. The Morgan fingerprint density at radius 2 is 1.88 bits per heavy atom. The normalized spacial score (nSPS) is 12.2. The van der Waals surface area contributed by atoms with Gasteiger partial charge in [0.1, 0.15) is 0 Å². The third kappa shape index (κ3) is 10.4. The molecule has 4 nitrogen and oxygen atoms in total. The lowest BCUT2D eigenvalue weighted by Crippen LogP contribution is -2.24. The Bertz CT molecular complexity index is 250. The molecule has 0 unspecified atom stereocenters. The minimum absolute atomic E-state index is 0.151. The minimum Gasteiger partial charge on any atom is -0.380 e. The van der Waals surface area contributed by atoms with Crippen LogP contribution in [0.15, 0.2) is 0 Å². The van der Waals surface area contributed by atoms with Crippen molar-refractivity contribution < 1.29 is 13.2 Å². The fraction of sp³-hybridized carbons (Fsp3) is 1.00. The molecule has 5 heteroatoms. The highest BCUT2D eigenvalue weighted by atomic mass is 32.2. The van der Waals surface area contributed by atoms with Crippen molar-refractivity contribution in [2.75, 3.05) is 31.3 Å². The van der Waals surface area contributed by atoms with Crippen LogP contribution in [0.3, 0.4) is 0 Å². The van der Waals surface area contributed by atoms with Gasteiger partial charge in [0.25, 0.3) is 0 Å². The van der Waals surface area contributed by atoms with Crippen LogP contribution < -0.4 is 5.32 Å². The van der Waals surface area contributed by atoms with Crippen LogP contribution in [0.4, 0.5) is 0 Å². The summed E-state index contributed by atoms with van der Waals surface area (Å²) in [6.07, 6.45) is 1.60. The van der Waals surface area contributed by atoms with Gasteiger partial charge in [-0.05, 0) is 19.4 Å². The fourth-order valence-corrected chi connectivity index (χ4v) is 2.46. The molecule has 0 rings (SSSR count). The van der Waals surface area contributed by atoms with Gasteiger partial charge in [0.15, 0.2) is 9.84 Å². The summed E-state index contributed by atoms with van der Waals surface area (Å²) in [6.45, 7) is 7.93. The van der Waals surface area contributed by atoms with Crippen LogP contribution in [0.2, 0.25) is 0 Å².